The monoisotopic (exact) mass is 347 g/mol. The second kappa shape index (κ2) is 6.29. The number of benzene rings is 1. The van der Waals surface area contributed by atoms with Gasteiger partial charge in [-0.3, -0.25) is 9.59 Å². The van der Waals surface area contributed by atoms with Crippen LogP contribution in [-0.4, -0.2) is 17.7 Å². The largest absolute Gasteiger partial charge is 0.445 e. The number of rotatable bonds is 3. The van der Waals surface area contributed by atoms with Gasteiger partial charge >= 0.3 is 5.85 Å². The maximum Gasteiger partial charge on any atom is 0.310 e. The molecule has 1 aliphatic carbocycles. The molecule has 1 aliphatic heterocycles. The summed E-state index contributed by atoms with van der Waals surface area (Å²) >= 11 is 5.24. The molecular weight excluding hydrogens is 333 g/mol. The van der Waals surface area contributed by atoms with Gasteiger partial charge in [0.2, 0.25) is 0 Å². The molecule has 1 heterocycles. The third-order valence-electron chi connectivity index (χ3n) is 4.07. The van der Waals surface area contributed by atoms with Gasteiger partial charge in [0.15, 0.2) is 0 Å². The van der Waals surface area contributed by atoms with E-state index in [9.17, 15) is 14.0 Å². The summed E-state index contributed by atoms with van der Waals surface area (Å²) in [5, 5.41) is 1.94. The highest BCUT2D eigenvalue weighted by atomic mass is 35.5. The van der Waals surface area contributed by atoms with Crippen molar-refractivity contribution < 1.29 is 18.7 Å². The number of hydrogen-bond acceptors (Lipinski definition) is 3. The fourth-order valence-electron chi connectivity index (χ4n) is 3.00. The van der Waals surface area contributed by atoms with Gasteiger partial charge in [0.05, 0.1) is 5.69 Å². The number of hydrogen-bond donors (Lipinski definition) is 0. The Morgan fingerprint density at radius 1 is 1.17 bits per heavy atom. The van der Waals surface area contributed by atoms with E-state index >= 15 is 0 Å². The lowest BCUT2D eigenvalue weighted by molar-refractivity contribution is -0.120. The number of imide groups is 1. The van der Waals surface area contributed by atoms with Crippen LogP contribution in [0.25, 0.3) is 0 Å². The Labute approximate surface area is 144 Å². The first-order valence-electron chi connectivity index (χ1n) is 7.65. The Kier molecular flexibility index (Phi) is 4.33. The predicted molar refractivity (Wildman–Crippen MR) is 88.2 cm³/mol. The summed E-state index contributed by atoms with van der Waals surface area (Å²) in [6.45, 7) is 1.11. The van der Waals surface area contributed by atoms with Crippen molar-refractivity contribution in [2.24, 2.45) is 0 Å². The van der Waals surface area contributed by atoms with E-state index < -0.39 is 5.85 Å². The van der Waals surface area contributed by atoms with Crippen molar-refractivity contribution >= 4 is 29.1 Å². The number of carbonyl (C=O) groups excluding carboxylic acids is 2. The van der Waals surface area contributed by atoms with Gasteiger partial charge < -0.3 is 4.74 Å². The van der Waals surface area contributed by atoms with E-state index in [0.717, 1.165) is 24.7 Å². The minimum absolute atomic E-state index is 0.0588. The van der Waals surface area contributed by atoms with E-state index in [2.05, 4.69) is 5.92 Å². The summed E-state index contributed by atoms with van der Waals surface area (Å²) in [6, 6.07) is 6.32. The summed E-state index contributed by atoms with van der Waals surface area (Å²) in [5.41, 5.74) is 1.33. The Bertz CT molecular complexity index is 776. The minimum atomic E-state index is -2.34. The second-order valence-corrected chi connectivity index (χ2v) is 6.01. The van der Waals surface area contributed by atoms with Gasteiger partial charge in [-0.1, -0.05) is 12.1 Å². The van der Waals surface area contributed by atoms with Gasteiger partial charge in [-0.15, -0.1) is 0 Å². The zero-order chi connectivity index (χ0) is 17.3. The zero-order valence-corrected chi connectivity index (χ0v) is 13.8. The maximum absolute atomic E-state index is 14.3. The first kappa shape index (κ1) is 16.5. The normalized spacial score (nSPS) is 19.5. The molecule has 1 unspecified atom stereocenters. The lowest BCUT2D eigenvalue weighted by Gasteiger charge is -2.22. The van der Waals surface area contributed by atoms with Crippen molar-refractivity contribution in [1.82, 2.24) is 0 Å². The number of carbonyl (C=O) groups is 2. The summed E-state index contributed by atoms with van der Waals surface area (Å²) < 4.78 is 19.5. The van der Waals surface area contributed by atoms with Crippen molar-refractivity contribution in [2.75, 3.05) is 4.90 Å². The Morgan fingerprint density at radius 2 is 1.75 bits per heavy atom. The summed E-state index contributed by atoms with van der Waals surface area (Å²) in [5.74, 6) is -0.894. The average molecular weight is 348 g/mol. The molecule has 1 aromatic carbocycles. The van der Waals surface area contributed by atoms with Crippen LogP contribution in [0, 0.1) is 11.3 Å². The zero-order valence-electron chi connectivity index (χ0n) is 13.1. The van der Waals surface area contributed by atoms with E-state index in [-0.39, 0.29) is 23.3 Å². The second-order valence-electron chi connectivity index (χ2n) is 5.82. The fourth-order valence-corrected chi connectivity index (χ4v) is 3.17. The Balaban J connectivity index is 1.98. The highest BCUT2D eigenvalue weighted by molar-refractivity contribution is 6.33. The summed E-state index contributed by atoms with van der Waals surface area (Å²) in [7, 11) is 0. The summed E-state index contributed by atoms with van der Waals surface area (Å²) in [6.07, 6.45) is 2.96. The molecule has 2 amide bonds. The van der Waals surface area contributed by atoms with E-state index in [1.54, 1.807) is 18.2 Å². The standard InChI is InChI=1S/C18H15ClFNO3/c1-18(20,10-11-19)24-15-9-5-4-8-14(15)21-16(22)12-6-2-3-7-13(12)17(21)23/h4-5,8-9H,2-3,6-7H2,1H3. The van der Waals surface area contributed by atoms with Crippen LogP contribution < -0.4 is 9.64 Å². The van der Waals surface area contributed by atoms with E-state index in [1.807, 2.05) is 5.38 Å². The highest BCUT2D eigenvalue weighted by Crippen LogP contribution is 2.39. The third kappa shape index (κ3) is 2.90. The van der Waals surface area contributed by atoms with Gasteiger partial charge in [-0.05, 0) is 55.3 Å². The topological polar surface area (TPSA) is 46.6 Å². The lowest BCUT2D eigenvalue weighted by Crippen LogP contribution is -2.33. The van der Waals surface area contributed by atoms with Crippen LogP contribution in [0.1, 0.15) is 32.6 Å². The molecule has 0 spiro atoms. The first-order chi connectivity index (χ1) is 11.4. The van der Waals surface area contributed by atoms with Gasteiger partial charge in [0, 0.05) is 23.4 Å². The van der Waals surface area contributed by atoms with Crippen LogP contribution >= 0.6 is 11.6 Å². The molecule has 6 heteroatoms. The van der Waals surface area contributed by atoms with Crippen molar-refractivity contribution in [3.05, 3.63) is 35.4 Å². The van der Waals surface area contributed by atoms with Crippen LogP contribution in [0.3, 0.4) is 0 Å². The van der Waals surface area contributed by atoms with Crippen LogP contribution in [-0.2, 0) is 9.59 Å². The number of amides is 2. The van der Waals surface area contributed by atoms with Crippen molar-refractivity contribution in [3.8, 4) is 17.0 Å². The third-order valence-corrected chi connectivity index (χ3v) is 4.16. The molecule has 0 saturated heterocycles. The van der Waals surface area contributed by atoms with Gasteiger partial charge in [0.1, 0.15) is 5.75 Å². The molecule has 3 rings (SSSR count). The van der Waals surface area contributed by atoms with Gasteiger partial charge in [0.25, 0.3) is 11.8 Å². The number of anilines is 1. The average Bonchev–Trinajstić information content (AvgIpc) is 2.80. The van der Waals surface area contributed by atoms with E-state index in [0.29, 0.717) is 24.0 Å². The molecule has 1 atom stereocenters. The van der Waals surface area contributed by atoms with Crippen molar-refractivity contribution in [2.45, 2.75) is 38.5 Å². The van der Waals surface area contributed by atoms with Crippen LogP contribution in [0.2, 0.25) is 0 Å². The lowest BCUT2D eigenvalue weighted by atomic mass is 9.93. The molecule has 0 saturated carbocycles. The predicted octanol–water partition coefficient (Wildman–Crippen LogP) is 3.69. The Hall–Kier alpha value is -2.32. The number of halogens is 2. The van der Waals surface area contributed by atoms with Crippen LogP contribution in [0.4, 0.5) is 10.1 Å². The quantitative estimate of drug-likeness (QED) is 0.618. The SMILES string of the molecule is CC(F)(C#CCl)Oc1ccccc1N1C(=O)C2=C(CCCC2)C1=O. The number of para-hydroxylation sites is 2. The number of alkyl halides is 1. The van der Waals surface area contributed by atoms with Crippen LogP contribution in [0.15, 0.2) is 35.4 Å². The molecular formula is C18H15ClFNO3. The van der Waals surface area contributed by atoms with E-state index in [1.165, 1.54) is 6.07 Å². The summed E-state index contributed by atoms with van der Waals surface area (Å²) in [4.78, 5) is 26.4. The number of nitrogens with zero attached hydrogens (tertiary/aromatic N) is 1. The van der Waals surface area contributed by atoms with Crippen molar-refractivity contribution in [1.29, 1.82) is 0 Å². The first-order valence-corrected chi connectivity index (χ1v) is 8.03. The number of ether oxygens (including phenoxy) is 1. The molecule has 4 nitrogen and oxygen atoms in total. The molecule has 0 radical (unpaired) electrons. The fraction of sp³-hybridized carbons (Fsp3) is 0.333. The molecule has 0 fully saturated rings. The smallest absolute Gasteiger partial charge is 0.310 e. The Morgan fingerprint density at radius 3 is 2.33 bits per heavy atom. The molecule has 0 aromatic heterocycles. The molecule has 124 valence electrons. The van der Waals surface area contributed by atoms with Crippen LogP contribution in [0.5, 0.6) is 5.75 Å². The van der Waals surface area contributed by atoms with Gasteiger partial charge in [-0.25, -0.2) is 4.90 Å². The molecule has 1 aromatic rings. The maximum atomic E-state index is 14.3. The molecule has 24 heavy (non-hydrogen) atoms. The highest BCUT2D eigenvalue weighted by Gasteiger charge is 2.41. The van der Waals surface area contributed by atoms with Crippen molar-refractivity contribution in [3.63, 3.8) is 0 Å². The van der Waals surface area contributed by atoms with Gasteiger partial charge in [-0.2, -0.15) is 4.39 Å². The molecule has 2 aliphatic rings. The van der Waals surface area contributed by atoms with E-state index in [4.69, 9.17) is 16.3 Å². The molecule has 0 N–H and O–H groups in total. The molecule has 0 bridgehead atoms. The minimum Gasteiger partial charge on any atom is -0.445 e.